The molecule has 0 radical (unpaired) electrons. The molecule has 2 bridgehead atoms. The molecule has 2 aliphatic rings. The number of hydrogen-bond donors (Lipinski definition) is 2. The normalized spacial score (nSPS) is 30.5. The van der Waals surface area contributed by atoms with Crippen LogP contribution in [0, 0.1) is 5.92 Å². The summed E-state index contributed by atoms with van der Waals surface area (Å²) in [5.74, 6) is 1.80. The second-order valence-electron chi connectivity index (χ2n) is 5.37. The second kappa shape index (κ2) is 3.68. The first-order valence-electron chi connectivity index (χ1n) is 6.59. The number of piperidine rings is 1. The van der Waals surface area contributed by atoms with Gasteiger partial charge in [0.1, 0.15) is 11.3 Å². The second-order valence-corrected chi connectivity index (χ2v) is 5.37. The maximum atomic E-state index is 4.70. The Balaban J connectivity index is 1.65. The molecule has 0 amide bonds. The lowest BCUT2D eigenvalue weighted by atomic mass is 10.0. The van der Waals surface area contributed by atoms with Gasteiger partial charge >= 0.3 is 0 Å². The molecule has 94 valence electrons. The quantitative estimate of drug-likeness (QED) is 0.830. The van der Waals surface area contributed by atoms with E-state index in [0.29, 0.717) is 12.1 Å². The Labute approximate surface area is 106 Å². The number of aromatic nitrogens is 3. The molecule has 5 heteroatoms. The molecule has 1 saturated heterocycles. The van der Waals surface area contributed by atoms with Crippen LogP contribution in [0.4, 0.5) is 5.82 Å². The van der Waals surface area contributed by atoms with Crippen molar-refractivity contribution < 1.29 is 0 Å². The molecule has 2 aromatic heterocycles. The number of aromatic amines is 1. The van der Waals surface area contributed by atoms with Gasteiger partial charge in [-0.2, -0.15) is 0 Å². The molecule has 1 saturated carbocycles. The van der Waals surface area contributed by atoms with Crippen LogP contribution in [0.1, 0.15) is 12.8 Å². The molecule has 1 aliphatic carbocycles. The molecular formula is C13H17N5. The zero-order valence-electron chi connectivity index (χ0n) is 10.4. The highest BCUT2D eigenvalue weighted by molar-refractivity contribution is 5.72. The van der Waals surface area contributed by atoms with E-state index in [1.807, 2.05) is 18.5 Å². The Bertz CT molecular complexity index is 578. The van der Waals surface area contributed by atoms with Crippen molar-refractivity contribution in [2.45, 2.75) is 24.9 Å². The summed E-state index contributed by atoms with van der Waals surface area (Å²) in [6.45, 7) is 1.11. The minimum Gasteiger partial charge on any atom is -0.352 e. The highest BCUT2D eigenvalue weighted by Crippen LogP contribution is 2.39. The van der Waals surface area contributed by atoms with Gasteiger partial charge in [-0.3, -0.25) is 0 Å². The van der Waals surface area contributed by atoms with Gasteiger partial charge in [0.25, 0.3) is 0 Å². The molecule has 1 aliphatic heterocycles. The Morgan fingerprint density at radius 2 is 2.39 bits per heavy atom. The summed E-state index contributed by atoms with van der Waals surface area (Å²) < 4.78 is 0. The molecule has 3 heterocycles. The molecule has 18 heavy (non-hydrogen) atoms. The van der Waals surface area contributed by atoms with Crippen molar-refractivity contribution in [1.29, 1.82) is 0 Å². The summed E-state index contributed by atoms with van der Waals surface area (Å²) in [6, 6.07) is 3.31. The fourth-order valence-corrected chi connectivity index (χ4v) is 3.55. The standard InChI is InChI=1S/C13H17N5/c1-14-11-5-9-4-8(11)7-18(9)12-6-16-13-10(17-12)2-3-15-13/h2-3,6,8-9,11,14H,4-5,7H2,1H3,(H,15,16). The van der Waals surface area contributed by atoms with Crippen LogP contribution in [0.25, 0.3) is 11.2 Å². The lowest BCUT2D eigenvalue weighted by Crippen LogP contribution is -2.42. The largest absolute Gasteiger partial charge is 0.352 e. The van der Waals surface area contributed by atoms with Crippen molar-refractivity contribution in [1.82, 2.24) is 20.3 Å². The van der Waals surface area contributed by atoms with Gasteiger partial charge in [0, 0.05) is 24.8 Å². The molecule has 2 fully saturated rings. The van der Waals surface area contributed by atoms with E-state index < -0.39 is 0 Å². The van der Waals surface area contributed by atoms with E-state index in [4.69, 9.17) is 4.98 Å². The highest BCUT2D eigenvalue weighted by Gasteiger charge is 2.44. The molecular weight excluding hydrogens is 226 g/mol. The molecule has 4 rings (SSSR count). The first-order chi connectivity index (χ1) is 8.85. The Hall–Kier alpha value is -1.62. The van der Waals surface area contributed by atoms with E-state index in [-0.39, 0.29) is 0 Å². The monoisotopic (exact) mass is 243 g/mol. The lowest BCUT2D eigenvalue weighted by molar-refractivity contribution is 0.413. The van der Waals surface area contributed by atoms with Gasteiger partial charge in [0.05, 0.1) is 6.20 Å². The van der Waals surface area contributed by atoms with Crippen LogP contribution in [0.15, 0.2) is 18.5 Å². The van der Waals surface area contributed by atoms with Crippen LogP contribution in [-0.2, 0) is 0 Å². The molecule has 2 N–H and O–H groups in total. The third-order valence-corrected chi connectivity index (χ3v) is 4.45. The van der Waals surface area contributed by atoms with Gasteiger partial charge < -0.3 is 15.2 Å². The third-order valence-electron chi connectivity index (χ3n) is 4.45. The van der Waals surface area contributed by atoms with E-state index in [1.165, 1.54) is 12.8 Å². The van der Waals surface area contributed by atoms with Gasteiger partial charge in [-0.25, -0.2) is 9.97 Å². The van der Waals surface area contributed by atoms with E-state index in [9.17, 15) is 0 Å². The fourth-order valence-electron chi connectivity index (χ4n) is 3.55. The summed E-state index contributed by atoms with van der Waals surface area (Å²) in [6.07, 6.45) is 6.31. The first kappa shape index (κ1) is 10.3. The zero-order chi connectivity index (χ0) is 12.1. The number of nitrogens with zero attached hydrogens (tertiary/aromatic N) is 3. The minimum atomic E-state index is 0.637. The Morgan fingerprint density at radius 3 is 3.17 bits per heavy atom. The van der Waals surface area contributed by atoms with Crippen LogP contribution in [-0.4, -0.2) is 40.6 Å². The fraction of sp³-hybridized carbons (Fsp3) is 0.538. The molecule has 3 unspecified atom stereocenters. The van der Waals surface area contributed by atoms with Crippen LogP contribution in [0.5, 0.6) is 0 Å². The van der Waals surface area contributed by atoms with E-state index in [0.717, 1.165) is 29.4 Å². The van der Waals surface area contributed by atoms with Crippen molar-refractivity contribution in [3.63, 3.8) is 0 Å². The van der Waals surface area contributed by atoms with Crippen molar-refractivity contribution in [3.8, 4) is 0 Å². The summed E-state index contributed by atoms with van der Waals surface area (Å²) in [4.78, 5) is 14.6. The maximum Gasteiger partial charge on any atom is 0.156 e. The molecule has 3 atom stereocenters. The van der Waals surface area contributed by atoms with Gasteiger partial charge in [-0.05, 0) is 31.9 Å². The molecule has 2 aromatic rings. The van der Waals surface area contributed by atoms with Crippen molar-refractivity contribution in [2.75, 3.05) is 18.5 Å². The average molecular weight is 243 g/mol. The third kappa shape index (κ3) is 1.37. The number of H-pyrrole nitrogens is 1. The van der Waals surface area contributed by atoms with Crippen molar-refractivity contribution in [3.05, 3.63) is 18.5 Å². The lowest BCUT2D eigenvalue weighted by Gasteiger charge is -2.32. The summed E-state index contributed by atoms with van der Waals surface area (Å²) in [5.41, 5.74) is 1.83. The SMILES string of the molecule is CNC1CC2CC1CN2c1cnc2[nH]ccc2n1. The molecule has 0 aromatic carbocycles. The summed E-state index contributed by atoms with van der Waals surface area (Å²) in [7, 11) is 2.07. The maximum absolute atomic E-state index is 4.70. The van der Waals surface area contributed by atoms with E-state index >= 15 is 0 Å². The zero-order valence-corrected chi connectivity index (χ0v) is 10.4. The van der Waals surface area contributed by atoms with Gasteiger partial charge in [-0.15, -0.1) is 0 Å². The smallest absolute Gasteiger partial charge is 0.156 e. The highest BCUT2D eigenvalue weighted by atomic mass is 15.3. The van der Waals surface area contributed by atoms with Crippen LogP contribution >= 0.6 is 0 Å². The number of anilines is 1. The summed E-state index contributed by atoms with van der Waals surface area (Å²) >= 11 is 0. The molecule has 5 nitrogen and oxygen atoms in total. The van der Waals surface area contributed by atoms with Crippen LogP contribution < -0.4 is 10.2 Å². The van der Waals surface area contributed by atoms with E-state index in [1.54, 1.807) is 0 Å². The van der Waals surface area contributed by atoms with Crippen LogP contribution in [0.2, 0.25) is 0 Å². The first-order valence-corrected chi connectivity index (χ1v) is 6.59. The predicted molar refractivity (Wildman–Crippen MR) is 70.6 cm³/mol. The number of fused-ring (bicyclic) bond motifs is 3. The molecule has 0 spiro atoms. The average Bonchev–Trinajstić information content (AvgIpc) is 3.11. The number of rotatable bonds is 2. The van der Waals surface area contributed by atoms with Gasteiger partial charge in [0.15, 0.2) is 5.65 Å². The minimum absolute atomic E-state index is 0.637. The van der Waals surface area contributed by atoms with Crippen molar-refractivity contribution >= 4 is 17.0 Å². The van der Waals surface area contributed by atoms with E-state index in [2.05, 4.69) is 27.2 Å². The summed E-state index contributed by atoms with van der Waals surface area (Å²) in [5, 5.41) is 3.43. The Kier molecular flexibility index (Phi) is 2.11. The van der Waals surface area contributed by atoms with Crippen LogP contribution in [0.3, 0.4) is 0 Å². The number of hydrogen-bond acceptors (Lipinski definition) is 4. The topological polar surface area (TPSA) is 56.8 Å². The van der Waals surface area contributed by atoms with Gasteiger partial charge in [-0.1, -0.05) is 0 Å². The number of nitrogens with one attached hydrogen (secondary N) is 2. The predicted octanol–water partition coefficient (Wildman–Crippen LogP) is 1.14. The van der Waals surface area contributed by atoms with Crippen molar-refractivity contribution in [2.24, 2.45) is 5.92 Å². The van der Waals surface area contributed by atoms with Gasteiger partial charge in [0.2, 0.25) is 0 Å². The Morgan fingerprint density at radius 1 is 1.44 bits per heavy atom.